The molecule has 0 radical (unpaired) electrons. The number of fused-ring (bicyclic) bond motifs is 5. The molecule has 1 aliphatic carbocycles. The molecule has 0 spiro atoms. The molecule has 4 heteroatoms. The lowest BCUT2D eigenvalue weighted by atomic mass is 9.69. The summed E-state index contributed by atoms with van der Waals surface area (Å²) < 4.78 is 5.98. The minimum Gasteiger partial charge on any atom is -0.422 e. The van der Waals surface area contributed by atoms with Gasteiger partial charge in [0.2, 0.25) is 5.91 Å². The fraction of sp³-hybridized carbons (Fsp3) is 0.241. The molecule has 1 amide bonds. The Labute approximate surface area is 192 Å². The summed E-state index contributed by atoms with van der Waals surface area (Å²) in [6, 6.07) is 25.7. The van der Waals surface area contributed by atoms with E-state index in [1.54, 1.807) is 0 Å². The van der Waals surface area contributed by atoms with E-state index in [0.717, 1.165) is 53.6 Å². The average Bonchev–Trinajstić information content (AvgIpc) is 2.89. The van der Waals surface area contributed by atoms with Crippen LogP contribution in [-0.2, 0) is 4.79 Å². The number of piperidine rings is 1. The lowest BCUT2D eigenvalue weighted by Gasteiger charge is -2.38. The molecule has 0 saturated carbocycles. The number of nitrogens with zero attached hydrogens (tertiary/aromatic N) is 1. The Morgan fingerprint density at radius 1 is 0.788 bits per heavy atom. The van der Waals surface area contributed by atoms with Gasteiger partial charge in [0.05, 0.1) is 11.3 Å². The highest BCUT2D eigenvalue weighted by Crippen LogP contribution is 2.52. The third-order valence-electron chi connectivity index (χ3n) is 7.15. The normalized spacial score (nSPS) is 19.7. The molecule has 4 nitrogen and oxygen atoms in total. The summed E-state index contributed by atoms with van der Waals surface area (Å²) in [6.45, 7) is 1.60. The quantitative estimate of drug-likeness (QED) is 0.406. The second-order valence-electron chi connectivity index (χ2n) is 9.02. The van der Waals surface area contributed by atoms with Crippen LogP contribution in [0.15, 0.2) is 88.1 Å². The first-order chi connectivity index (χ1) is 16.2. The Hall–Kier alpha value is -3.66. The van der Waals surface area contributed by atoms with Crippen molar-refractivity contribution in [1.29, 1.82) is 0 Å². The summed E-state index contributed by atoms with van der Waals surface area (Å²) >= 11 is 0. The first-order valence-corrected chi connectivity index (χ1v) is 11.7. The van der Waals surface area contributed by atoms with E-state index in [2.05, 4.69) is 12.1 Å². The molecule has 6 rings (SSSR count). The SMILES string of the molecule is O=C(C1c2ccccc2-c2oc(=O)c3ccccc3c2C1c1ccccc1)N1CCCCC1. The van der Waals surface area contributed by atoms with Crippen LogP contribution in [-0.4, -0.2) is 23.9 Å². The van der Waals surface area contributed by atoms with E-state index >= 15 is 0 Å². The molecule has 0 N–H and O–H groups in total. The van der Waals surface area contributed by atoms with Crippen molar-refractivity contribution in [3.05, 3.63) is 106 Å². The van der Waals surface area contributed by atoms with E-state index in [0.29, 0.717) is 11.1 Å². The fourth-order valence-corrected chi connectivity index (χ4v) is 5.66. The second-order valence-corrected chi connectivity index (χ2v) is 9.02. The highest BCUT2D eigenvalue weighted by molar-refractivity contribution is 5.97. The molecule has 2 heterocycles. The zero-order valence-electron chi connectivity index (χ0n) is 18.4. The highest BCUT2D eigenvalue weighted by Gasteiger charge is 2.43. The smallest absolute Gasteiger partial charge is 0.344 e. The Bertz CT molecular complexity index is 1400. The first kappa shape index (κ1) is 20.0. The number of hydrogen-bond donors (Lipinski definition) is 0. The summed E-state index contributed by atoms with van der Waals surface area (Å²) in [4.78, 5) is 29.1. The molecule has 1 aliphatic heterocycles. The minimum absolute atomic E-state index is 0.164. The van der Waals surface area contributed by atoms with Crippen LogP contribution < -0.4 is 5.63 Å². The van der Waals surface area contributed by atoms with Crippen molar-refractivity contribution < 1.29 is 9.21 Å². The molecule has 164 valence electrons. The third-order valence-corrected chi connectivity index (χ3v) is 7.15. The van der Waals surface area contributed by atoms with E-state index < -0.39 is 0 Å². The molecular formula is C29H25NO3. The number of benzene rings is 3. The van der Waals surface area contributed by atoms with Gasteiger partial charge in [-0.3, -0.25) is 4.79 Å². The molecule has 0 bridgehead atoms. The molecule has 4 aromatic rings. The number of carbonyl (C=O) groups excluding carboxylic acids is 1. The van der Waals surface area contributed by atoms with Crippen molar-refractivity contribution in [3.63, 3.8) is 0 Å². The van der Waals surface area contributed by atoms with E-state index in [4.69, 9.17) is 4.42 Å². The van der Waals surface area contributed by atoms with Gasteiger partial charge < -0.3 is 9.32 Å². The van der Waals surface area contributed by atoms with Crippen LogP contribution in [0.25, 0.3) is 22.1 Å². The van der Waals surface area contributed by atoms with Gasteiger partial charge in [-0.05, 0) is 41.8 Å². The molecule has 33 heavy (non-hydrogen) atoms. The van der Waals surface area contributed by atoms with Crippen molar-refractivity contribution in [1.82, 2.24) is 4.90 Å². The first-order valence-electron chi connectivity index (χ1n) is 11.7. The van der Waals surface area contributed by atoms with Gasteiger partial charge in [-0.2, -0.15) is 0 Å². The van der Waals surface area contributed by atoms with Crippen LogP contribution in [0, 0.1) is 0 Å². The van der Waals surface area contributed by atoms with Crippen LogP contribution in [0.4, 0.5) is 0 Å². The van der Waals surface area contributed by atoms with E-state index in [1.165, 1.54) is 6.42 Å². The number of amides is 1. The second kappa shape index (κ2) is 8.04. The Kier molecular flexibility index (Phi) is 4.87. The van der Waals surface area contributed by atoms with Crippen molar-refractivity contribution >= 4 is 16.7 Å². The summed E-state index contributed by atoms with van der Waals surface area (Å²) in [5, 5.41) is 1.42. The summed E-state index contributed by atoms with van der Waals surface area (Å²) in [6.07, 6.45) is 3.26. The number of likely N-dealkylation sites (tertiary alicyclic amines) is 1. The zero-order chi connectivity index (χ0) is 22.4. The summed E-state index contributed by atoms with van der Waals surface area (Å²) in [5.74, 6) is 0.146. The Balaban J connectivity index is 1.68. The topological polar surface area (TPSA) is 50.5 Å². The predicted octanol–water partition coefficient (Wildman–Crippen LogP) is 5.70. The van der Waals surface area contributed by atoms with Gasteiger partial charge in [0.1, 0.15) is 5.76 Å². The molecule has 1 aromatic heterocycles. The lowest BCUT2D eigenvalue weighted by molar-refractivity contribution is -0.134. The van der Waals surface area contributed by atoms with Gasteiger partial charge in [0, 0.05) is 30.1 Å². The molecule has 1 fully saturated rings. The predicted molar refractivity (Wildman–Crippen MR) is 129 cm³/mol. The molecule has 2 unspecified atom stereocenters. The van der Waals surface area contributed by atoms with Crippen molar-refractivity contribution in [2.24, 2.45) is 0 Å². The third kappa shape index (κ3) is 3.20. The number of hydrogen-bond acceptors (Lipinski definition) is 3. The fourth-order valence-electron chi connectivity index (χ4n) is 5.66. The molecule has 1 saturated heterocycles. The van der Waals surface area contributed by atoms with Crippen LogP contribution in [0.5, 0.6) is 0 Å². The molecule has 3 aromatic carbocycles. The summed E-state index contributed by atoms with van der Waals surface area (Å²) in [7, 11) is 0. The summed E-state index contributed by atoms with van der Waals surface area (Å²) in [5.41, 5.74) is 3.44. The standard InChI is InChI=1S/C29H25NO3/c31-28(30-17-9-2-10-18-30)26-20-13-5-7-15-22(20)27-25(24(26)19-11-3-1-4-12-19)21-14-6-8-16-23(21)29(32)33-27/h1,3-8,11-16,24,26H,2,9-10,17-18H2. The van der Waals surface area contributed by atoms with E-state index in [-0.39, 0.29) is 23.4 Å². The van der Waals surface area contributed by atoms with Crippen molar-refractivity contribution in [3.8, 4) is 11.3 Å². The van der Waals surface area contributed by atoms with Gasteiger partial charge in [0.15, 0.2) is 0 Å². The van der Waals surface area contributed by atoms with Crippen LogP contribution in [0.2, 0.25) is 0 Å². The number of carbonyl (C=O) groups is 1. The van der Waals surface area contributed by atoms with E-state index in [1.807, 2.05) is 71.6 Å². The van der Waals surface area contributed by atoms with E-state index in [9.17, 15) is 9.59 Å². The lowest BCUT2D eigenvalue weighted by Crippen LogP contribution is -2.41. The highest BCUT2D eigenvalue weighted by atomic mass is 16.4. The van der Waals surface area contributed by atoms with Crippen LogP contribution in [0.3, 0.4) is 0 Å². The Morgan fingerprint density at radius 3 is 2.24 bits per heavy atom. The maximum atomic E-state index is 14.1. The monoisotopic (exact) mass is 435 g/mol. The molecule has 2 aliphatic rings. The minimum atomic E-state index is -0.370. The maximum absolute atomic E-state index is 14.1. The van der Waals surface area contributed by atoms with Crippen molar-refractivity contribution in [2.45, 2.75) is 31.1 Å². The van der Waals surface area contributed by atoms with Gasteiger partial charge in [-0.1, -0.05) is 72.8 Å². The zero-order valence-corrected chi connectivity index (χ0v) is 18.4. The van der Waals surface area contributed by atoms with Gasteiger partial charge in [-0.15, -0.1) is 0 Å². The van der Waals surface area contributed by atoms with Crippen molar-refractivity contribution in [2.75, 3.05) is 13.1 Å². The van der Waals surface area contributed by atoms with Gasteiger partial charge in [-0.25, -0.2) is 4.79 Å². The van der Waals surface area contributed by atoms with Gasteiger partial charge >= 0.3 is 5.63 Å². The number of rotatable bonds is 2. The molecular weight excluding hydrogens is 410 g/mol. The van der Waals surface area contributed by atoms with Crippen LogP contribution >= 0.6 is 0 Å². The largest absolute Gasteiger partial charge is 0.422 e. The Morgan fingerprint density at radius 2 is 1.45 bits per heavy atom. The van der Waals surface area contributed by atoms with Crippen LogP contribution in [0.1, 0.15) is 47.8 Å². The van der Waals surface area contributed by atoms with Gasteiger partial charge in [0.25, 0.3) is 0 Å². The maximum Gasteiger partial charge on any atom is 0.344 e. The average molecular weight is 436 g/mol. The molecule has 2 atom stereocenters.